The first-order valence-corrected chi connectivity index (χ1v) is 11.8. The summed E-state index contributed by atoms with van der Waals surface area (Å²) in [6.45, 7) is 0. The van der Waals surface area contributed by atoms with Crippen molar-refractivity contribution >= 4 is 149 Å². The van der Waals surface area contributed by atoms with Gasteiger partial charge in [0.05, 0.1) is 0 Å². The quantitative estimate of drug-likeness (QED) is 0.211. The van der Waals surface area contributed by atoms with Gasteiger partial charge in [-0.05, 0) is 0 Å². The number of rotatable bonds is 5. The van der Waals surface area contributed by atoms with E-state index in [4.69, 9.17) is 0 Å². The van der Waals surface area contributed by atoms with Crippen LogP contribution in [0.2, 0.25) is 0 Å². The van der Waals surface area contributed by atoms with E-state index in [1.807, 2.05) is 0 Å². The highest BCUT2D eigenvalue weighted by molar-refractivity contribution is 9.36. The van der Waals surface area contributed by atoms with Gasteiger partial charge in [-0.15, -0.1) is 0 Å². The van der Waals surface area contributed by atoms with Crippen molar-refractivity contribution in [1.82, 2.24) is 0 Å². The van der Waals surface area contributed by atoms with Gasteiger partial charge in [0.15, 0.2) is 5.13 Å². The van der Waals surface area contributed by atoms with Gasteiger partial charge >= 0.3 is 0 Å². The summed E-state index contributed by atoms with van der Waals surface area (Å²) in [6.07, 6.45) is 0. The molecule has 0 bridgehead atoms. The molecule has 0 heterocycles. The van der Waals surface area contributed by atoms with Crippen molar-refractivity contribution in [3.05, 3.63) is 0 Å². The highest BCUT2D eigenvalue weighted by atomic mass is 79.9. The molecular weight excluding hydrogens is 751 g/mol. The zero-order chi connectivity index (χ0) is 11.6. The van der Waals surface area contributed by atoms with E-state index in [1.165, 1.54) is 0 Å². The molecule has 0 aromatic rings. The standard InChI is InChI=1S/C4H2Br8S2/c5-1(6)3(9,10)13-14-4(11,12)2(7)8/h1-2H. The van der Waals surface area contributed by atoms with Gasteiger partial charge in [-0.1, -0.05) is 149 Å². The second-order valence-corrected chi connectivity index (χ2v) is 19.9. The molecule has 0 aliphatic rings. The van der Waals surface area contributed by atoms with E-state index >= 15 is 0 Å². The van der Waals surface area contributed by atoms with E-state index < -0.39 is 0 Å². The molecular formula is C4H2Br8S2. The molecule has 0 atom stereocenters. The smallest absolute Gasteiger partial charge is 0.0730 e. The molecule has 10 heteroatoms. The normalized spacial score (nSPS) is 14.1. The Labute approximate surface area is 158 Å². The van der Waals surface area contributed by atoms with Gasteiger partial charge in [0, 0.05) is 0 Å². The van der Waals surface area contributed by atoms with Crippen LogP contribution in [0.4, 0.5) is 0 Å². The summed E-state index contributed by atoms with van der Waals surface area (Å²) in [5, 5.41) is 0. The Kier molecular flexibility index (Phi) is 10.6. The minimum absolute atomic E-state index is 0.111. The van der Waals surface area contributed by atoms with Crippen molar-refractivity contribution in [1.29, 1.82) is 0 Å². The summed E-state index contributed by atoms with van der Waals surface area (Å²) >= 11 is 27.9. The van der Waals surface area contributed by atoms with Crippen LogP contribution < -0.4 is 0 Å². The summed E-state index contributed by atoms with van der Waals surface area (Å²) in [4.78, 5) is 0. The highest BCUT2D eigenvalue weighted by Crippen LogP contribution is 2.60. The average Bonchev–Trinajstić information content (AvgIpc) is 2.01. The lowest BCUT2D eigenvalue weighted by Crippen LogP contribution is -2.18. The topological polar surface area (TPSA) is 0 Å². The molecule has 0 rings (SSSR count). The molecule has 0 radical (unpaired) electrons. The Hall–Kier alpha value is 4.54. The molecule has 0 saturated carbocycles. The van der Waals surface area contributed by atoms with Crippen LogP contribution in [0.1, 0.15) is 0 Å². The third kappa shape index (κ3) is 7.21. The first-order chi connectivity index (χ1) is 6.09. The van der Waals surface area contributed by atoms with Crippen molar-refractivity contribution in [2.24, 2.45) is 0 Å². The summed E-state index contributed by atoms with van der Waals surface area (Å²) in [5.74, 6) is 0. The summed E-state index contributed by atoms with van der Waals surface area (Å²) in [7, 11) is 3.25. The van der Waals surface area contributed by atoms with Gasteiger partial charge in [-0.25, -0.2) is 0 Å². The van der Waals surface area contributed by atoms with E-state index in [0.29, 0.717) is 0 Å². The van der Waals surface area contributed by atoms with Gasteiger partial charge in [-0.3, -0.25) is 0 Å². The van der Waals surface area contributed by atoms with E-state index in [-0.39, 0.29) is 12.6 Å². The predicted molar refractivity (Wildman–Crippen MR) is 99.6 cm³/mol. The summed E-state index contributed by atoms with van der Waals surface area (Å²) < 4.78 is -0.321. The van der Waals surface area contributed by atoms with Crippen LogP contribution in [0.3, 0.4) is 0 Å². The zero-order valence-electron chi connectivity index (χ0n) is 5.99. The number of halogens is 8. The van der Waals surface area contributed by atoms with Crippen LogP contribution in [-0.2, 0) is 0 Å². The maximum Gasteiger partial charge on any atom is 0.157 e. The lowest BCUT2D eigenvalue weighted by atomic mass is 11.0. The molecule has 0 nitrogen and oxygen atoms in total. The molecule has 0 spiro atoms. The fourth-order valence-corrected chi connectivity index (χ4v) is 6.78. The van der Waals surface area contributed by atoms with Crippen molar-refractivity contribution < 1.29 is 0 Å². The van der Waals surface area contributed by atoms with E-state index in [1.54, 1.807) is 21.6 Å². The van der Waals surface area contributed by atoms with Crippen LogP contribution in [0.25, 0.3) is 0 Å². The van der Waals surface area contributed by atoms with E-state index in [0.717, 1.165) is 0 Å². The Bertz CT molecular complexity index is 160. The van der Waals surface area contributed by atoms with Gasteiger partial charge in [0.1, 0.15) is 7.47 Å². The first kappa shape index (κ1) is 18.5. The largest absolute Gasteiger partial charge is 0.157 e. The fourth-order valence-electron chi connectivity index (χ4n) is 0.184. The monoisotopic (exact) mass is 745 g/mol. The van der Waals surface area contributed by atoms with Crippen LogP contribution >= 0.6 is 149 Å². The SMILES string of the molecule is BrC(Br)C(Br)(Br)SSC(Br)(Br)C(Br)Br. The molecule has 0 aliphatic carbocycles. The van der Waals surface area contributed by atoms with Crippen LogP contribution in [0, 0.1) is 0 Å². The molecule has 0 aliphatic heterocycles. The Morgan fingerprint density at radius 3 is 1.00 bits per heavy atom. The van der Waals surface area contributed by atoms with Gasteiger partial charge in [0.2, 0.25) is 0 Å². The molecule has 0 unspecified atom stereocenters. The van der Waals surface area contributed by atoms with Crippen LogP contribution in [0.5, 0.6) is 0 Å². The summed E-state index contributed by atoms with van der Waals surface area (Å²) in [6, 6.07) is 0. The lowest BCUT2D eigenvalue weighted by molar-refractivity contribution is 1.37. The van der Waals surface area contributed by atoms with Crippen LogP contribution in [0.15, 0.2) is 0 Å². The maximum atomic E-state index is 3.54. The number of alkyl halides is 8. The molecule has 0 fully saturated rings. The zero-order valence-corrected chi connectivity index (χ0v) is 20.3. The van der Waals surface area contributed by atoms with Gasteiger partial charge < -0.3 is 0 Å². The Morgan fingerprint density at radius 2 is 0.857 bits per heavy atom. The van der Waals surface area contributed by atoms with Crippen LogP contribution in [-0.4, -0.2) is 12.6 Å². The maximum absolute atomic E-state index is 3.54. The third-order valence-corrected chi connectivity index (χ3v) is 18.8. The number of hydrogen-bond acceptors (Lipinski definition) is 2. The Morgan fingerprint density at radius 1 is 0.643 bits per heavy atom. The van der Waals surface area contributed by atoms with E-state index in [2.05, 4.69) is 127 Å². The van der Waals surface area contributed by atoms with Crippen molar-refractivity contribution in [2.75, 3.05) is 0 Å². The number of hydrogen-bond donors (Lipinski definition) is 0. The molecule has 0 saturated heterocycles. The second kappa shape index (κ2) is 7.97. The molecule has 0 amide bonds. The molecule has 0 aromatic heterocycles. The lowest BCUT2D eigenvalue weighted by Gasteiger charge is -2.26. The molecule has 86 valence electrons. The molecule has 0 N–H and O–H groups in total. The average molecular weight is 753 g/mol. The van der Waals surface area contributed by atoms with Crippen molar-refractivity contribution in [3.63, 3.8) is 0 Å². The van der Waals surface area contributed by atoms with Gasteiger partial charge in [0.25, 0.3) is 0 Å². The molecule has 14 heavy (non-hydrogen) atoms. The fraction of sp³-hybridized carbons (Fsp3) is 1.00. The minimum atomic E-state index is -0.271. The van der Waals surface area contributed by atoms with Gasteiger partial charge in [-0.2, -0.15) is 0 Å². The second-order valence-electron chi connectivity index (χ2n) is 1.89. The van der Waals surface area contributed by atoms with Crippen molar-refractivity contribution in [2.45, 2.75) is 12.6 Å². The predicted octanol–water partition coefficient (Wildman–Crippen LogP) is 7.49. The van der Waals surface area contributed by atoms with E-state index in [9.17, 15) is 0 Å². The first-order valence-electron chi connectivity index (χ1n) is 2.78. The third-order valence-electron chi connectivity index (χ3n) is 0.772. The minimum Gasteiger partial charge on any atom is -0.0730 e. The highest BCUT2D eigenvalue weighted by Gasteiger charge is 2.38. The molecule has 0 aromatic carbocycles. The Balaban J connectivity index is 4.18. The van der Waals surface area contributed by atoms with Crippen molar-refractivity contribution in [3.8, 4) is 0 Å². The summed E-state index contributed by atoms with van der Waals surface area (Å²) in [5.41, 5.74) is 0.